The van der Waals surface area contributed by atoms with Crippen LogP contribution in [0.1, 0.15) is 47.3 Å². The maximum atomic E-state index is 14.0. The van der Waals surface area contributed by atoms with Gasteiger partial charge >= 0.3 is 0 Å². The summed E-state index contributed by atoms with van der Waals surface area (Å²) in [7, 11) is 0. The van der Waals surface area contributed by atoms with Crippen molar-refractivity contribution in [1.29, 1.82) is 0 Å². The Balaban J connectivity index is 2.13. The molecule has 2 atom stereocenters. The lowest BCUT2D eigenvalue weighted by molar-refractivity contribution is 0.148. The Morgan fingerprint density at radius 1 is 1.52 bits per heavy atom. The van der Waals surface area contributed by atoms with Gasteiger partial charge < -0.3 is 9.45 Å². The zero-order chi connectivity index (χ0) is 16.9. The summed E-state index contributed by atoms with van der Waals surface area (Å²) in [6.07, 6.45) is 3.55. The summed E-state index contributed by atoms with van der Waals surface area (Å²) in [5.74, 6) is 0. The molecule has 7 heteroatoms. The first-order valence-corrected chi connectivity index (χ1v) is 9.82. The van der Waals surface area contributed by atoms with Gasteiger partial charge in [0.2, 0.25) is 0 Å². The van der Waals surface area contributed by atoms with Crippen LogP contribution >= 0.6 is 27.5 Å². The van der Waals surface area contributed by atoms with Crippen molar-refractivity contribution in [3.05, 3.63) is 33.5 Å². The first-order valence-electron chi connectivity index (χ1n) is 7.42. The molecule has 0 radical (unpaired) electrons. The Morgan fingerprint density at radius 2 is 2.22 bits per heavy atom. The lowest BCUT2D eigenvalue weighted by Gasteiger charge is -2.33. The molecule has 0 bridgehead atoms. The fourth-order valence-electron chi connectivity index (χ4n) is 3.34. The number of fused-ring (bicyclic) bond motifs is 3. The van der Waals surface area contributed by atoms with E-state index in [0.717, 1.165) is 24.0 Å². The lowest BCUT2D eigenvalue weighted by atomic mass is 9.94. The van der Waals surface area contributed by atoms with Gasteiger partial charge in [-0.25, -0.2) is 8.60 Å². The molecule has 1 heterocycles. The smallest absolute Gasteiger partial charge is 0.187 e. The molecule has 0 fully saturated rings. The Labute approximate surface area is 151 Å². The summed E-state index contributed by atoms with van der Waals surface area (Å²) in [6, 6.07) is 1.80. The molecular formula is C16H18BrClFNO2S. The summed E-state index contributed by atoms with van der Waals surface area (Å²) in [6.45, 7) is 3.68. The summed E-state index contributed by atoms with van der Waals surface area (Å²) in [5, 5.41) is 0.406. The van der Waals surface area contributed by atoms with Crippen LogP contribution in [0.4, 0.5) is 4.39 Å². The van der Waals surface area contributed by atoms with Gasteiger partial charge in [0.05, 0.1) is 11.4 Å². The molecule has 2 unspecified atom stereocenters. The molecule has 1 N–H and O–H groups in total. The van der Waals surface area contributed by atoms with E-state index < -0.39 is 16.7 Å². The maximum absolute atomic E-state index is 14.0. The third-order valence-electron chi connectivity index (χ3n) is 4.24. The molecule has 0 amide bonds. The van der Waals surface area contributed by atoms with Crippen molar-refractivity contribution < 1.29 is 13.2 Å². The normalized spacial score (nSPS) is 21.7. The summed E-state index contributed by atoms with van der Waals surface area (Å²) in [4.78, 5) is 2.36. The van der Waals surface area contributed by atoms with Crippen LogP contribution in [-0.4, -0.2) is 25.9 Å². The largest absolute Gasteiger partial charge is 0.355 e. The molecule has 1 aromatic carbocycles. The van der Waals surface area contributed by atoms with Gasteiger partial charge in [0.15, 0.2) is 11.1 Å². The molecular weight excluding hydrogens is 405 g/mol. The van der Waals surface area contributed by atoms with Crippen molar-refractivity contribution in [1.82, 2.24) is 4.90 Å². The molecule has 3 rings (SSSR count). The fraction of sp³-hybridized carbons (Fsp3) is 0.500. The van der Waals surface area contributed by atoms with E-state index >= 15 is 0 Å². The van der Waals surface area contributed by atoms with Gasteiger partial charge in [0.25, 0.3) is 0 Å². The van der Waals surface area contributed by atoms with Gasteiger partial charge in [0.1, 0.15) is 10.8 Å². The third-order valence-corrected chi connectivity index (χ3v) is 6.26. The number of hydrogen-bond donors (Lipinski definition) is 1. The van der Waals surface area contributed by atoms with E-state index in [1.807, 2.05) is 0 Å². The molecule has 23 heavy (non-hydrogen) atoms. The van der Waals surface area contributed by atoms with Crippen molar-refractivity contribution in [2.24, 2.45) is 0 Å². The standard InChI is InChI=1S/C16H18BrClFNO2S/c1-16(2,19)8-20-7-12-9-3-4-13(17)10(9)5-14(23(21)22)11(12)6-15(20)18/h5-6,13H,3-4,7-8H2,1-2H3,(H,21,22). The highest BCUT2D eigenvalue weighted by Crippen LogP contribution is 2.44. The molecule has 0 saturated carbocycles. The van der Waals surface area contributed by atoms with Crippen molar-refractivity contribution >= 4 is 44.7 Å². The van der Waals surface area contributed by atoms with Crippen molar-refractivity contribution in [3.8, 4) is 0 Å². The average molecular weight is 423 g/mol. The topological polar surface area (TPSA) is 40.5 Å². The number of benzene rings is 1. The monoisotopic (exact) mass is 421 g/mol. The Kier molecular flexibility index (Phi) is 4.64. The fourth-order valence-corrected chi connectivity index (χ4v) is 4.80. The van der Waals surface area contributed by atoms with Crippen LogP contribution in [-0.2, 0) is 24.0 Å². The second kappa shape index (κ2) is 6.14. The highest BCUT2D eigenvalue weighted by atomic mass is 79.9. The quantitative estimate of drug-likeness (QED) is 0.434. The average Bonchev–Trinajstić information content (AvgIpc) is 2.79. The van der Waals surface area contributed by atoms with E-state index in [2.05, 4.69) is 15.9 Å². The Bertz CT molecular complexity index is 717. The SMILES string of the molecule is CC(C)(F)CN1Cc2c(c(S(=O)O)cc3c2CCC3Br)C=C1Cl. The maximum Gasteiger partial charge on any atom is 0.187 e. The molecule has 0 spiro atoms. The summed E-state index contributed by atoms with van der Waals surface area (Å²) < 4.78 is 35.4. The van der Waals surface area contributed by atoms with Gasteiger partial charge in [-0.15, -0.1) is 0 Å². The van der Waals surface area contributed by atoms with Crippen LogP contribution in [0.25, 0.3) is 6.08 Å². The van der Waals surface area contributed by atoms with E-state index in [1.165, 1.54) is 19.4 Å². The van der Waals surface area contributed by atoms with E-state index in [1.54, 1.807) is 17.0 Å². The van der Waals surface area contributed by atoms with Crippen LogP contribution in [0.5, 0.6) is 0 Å². The van der Waals surface area contributed by atoms with Crippen molar-refractivity contribution in [2.45, 2.75) is 48.6 Å². The predicted octanol–water partition coefficient (Wildman–Crippen LogP) is 4.75. The molecule has 0 saturated heterocycles. The second-order valence-corrected chi connectivity index (χ2v) is 9.06. The van der Waals surface area contributed by atoms with Crippen LogP contribution in [0.2, 0.25) is 0 Å². The molecule has 0 aromatic heterocycles. The Morgan fingerprint density at radius 3 is 2.83 bits per heavy atom. The van der Waals surface area contributed by atoms with E-state index in [9.17, 15) is 13.2 Å². The minimum Gasteiger partial charge on any atom is -0.355 e. The molecule has 3 nitrogen and oxygen atoms in total. The first-order chi connectivity index (χ1) is 10.7. The first kappa shape index (κ1) is 17.4. The van der Waals surface area contributed by atoms with Crippen molar-refractivity contribution in [2.75, 3.05) is 6.54 Å². The number of alkyl halides is 2. The van der Waals surface area contributed by atoms with Crippen LogP contribution in [0, 0.1) is 0 Å². The number of nitrogens with zero attached hydrogens (tertiary/aromatic N) is 1. The molecule has 1 aliphatic carbocycles. The highest BCUT2D eigenvalue weighted by Gasteiger charge is 2.32. The van der Waals surface area contributed by atoms with Gasteiger partial charge in [-0.1, -0.05) is 27.5 Å². The zero-order valence-corrected chi connectivity index (χ0v) is 16.1. The lowest BCUT2D eigenvalue weighted by Crippen LogP contribution is -2.35. The highest BCUT2D eigenvalue weighted by molar-refractivity contribution is 9.09. The zero-order valence-electron chi connectivity index (χ0n) is 12.9. The number of halogens is 3. The molecule has 126 valence electrons. The van der Waals surface area contributed by atoms with Crippen LogP contribution < -0.4 is 0 Å². The molecule has 2 aliphatic rings. The molecule has 1 aromatic rings. The van der Waals surface area contributed by atoms with Crippen molar-refractivity contribution in [3.63, 3.8) is 0 Å². The van der Waals surface area contributed by atoms with Gasteiger partial charge in [-0.05, 0) is 55.5 Å². The van der Waals surface area contributed by atoms with Gasteiger partial charge in [0, 0.05) is 16.9 Å². The summed E-state index contributed by atoms with van der Waals surface area (Å²) >= 11 is 7.84. The van der Waals surface area contributed by atoms with E-state index in [0.29, 0.717) is 22.2 Å². The third kappa shape index (κ3) is 3.36. The predicted molar refractivity (Wildman–Crippen MR) is 94.9 cm³/mol. The second-order valence-electron chi connectivity index (χ2n) is 6.63. The summed E-state index contributed by atoms with van der Waals surface area (Å²) in [5.41, 5.74) is 2.59. The van der Waals surface area contributed by atoms with E-state index in [-0.39, 0.29) is 11.4 Å². The van der Waals surface area contributed by atoms with Gasteiger partial charge in [-0.3, -0.25) is 0 Å². The van der Waals surface area contributed by atoms with E-state index in [4.69, 9.17) is 11.6 Å². The van der Waals surface area contributed by atoms with Crippen LogP contribution in [0.3, 0.4) is 0 Å². The number of hydrogen-bond acceptors (Lipinski definition) is 2. The molecule has 1 aliphatic heterocycles. The minimum absolute atomic E-state index is 0.181. The van der Waals surface area contributed by atoms with Crippen LogP contribution in [0.15, 0.2) is 16.1 Å². The number of rotatable bonds is 3. The van der Waals surface area contributed by atoms with Gasteiger partial charge in [-0.2, -0.15) is 0 Å². The Hall–Kier alpha value is -0.430. The minimum atomic E-state index is -2.09.